The standard InChI is InChI=1S/C11H14ClNO2/c1-7(14)2-4-10(13)9-6-8(12)3-5-11(9)15/h3,5-7,13-15H,2,4H2,1H3. The third kappa shape index (κ3) is 3.53. The molecule has 0 fully saturated rings. The summed E-state index contributed by atoms with van der Waals surface area (Å²) in [6.07, 6.45) is 0.489. The quantitative estimate of drug-likeness (QED) is 0.693. The van der Waals surface area contributed by atoms with E-state index in [1.807, 2.05) is 0 Å². The summed E-state index contributed by atoms with van der Waals surface area (Å²) in [7, 11) is 0. The molecule has 1 aromatic carbocycles. The highest BCUT2D eigenvalue weighted by atomic mass is 35.5. The van der Waals surface area contributed by atoms with Crippen molar-refractivity contribution < 1.29 is 10.2 Å². The van der Waals surface area contributed by atoms with E-state index in [-0.39, 0.29) is 11.5 Å². The van der Waals surface area contributed by atoms with Gasteiger partial charge in [0.25, 0.3) is 0 Å². The number of phenolic OH excluding ortho intramolecular Hbond substituents is 1. The van der Waals surface area contributed by atoms with E-state index in [0.29, 0.717) is 23.4 Å². The van der Waals surface area contributed by atoms with Crippen LogP contribution in [0.4, 0.5) is 0 Å². The van der Waals surface area contributed by atoms with Crippen molar-refractivity contribution >= 4 is 17.3 Å². The predicted molar refractivity (Wildman–Crippen MR) is 60.9 cm³/mol. The maximum Gasteiger partial charge on any atom is 0.124 e. The lowest BCUT2D eigenvalue weighted by Gasteiger charge is -2.08. The van der Waals surface area contributed by atoms with Crippen molar-refractivity contribution in [1.82, 2.24) is 0 Å². The van der Waals surface area contributed by atoms with E-state index >= 15 is 0 Å². The first-order chi connectivity index (χ1) is 7.00. The second-order valence-corrected chi connectivity index (χ2v) is 3.96. The molecule has 15 heavy (non-hydrogen) atoms. The van der Waals surface area contributed by atoms with Crippen molar-refractivity contribution in [3.05, 3.63) is 28.8 Å². The second kappa shape index (κ2) is 5.14. The zero-order chi connectivity index (χ0) is 11.4. The van der Waals surface area contributed by atoms with Crippen LogP contribution in [0.2, 0.25) is 5.02 Å². The summed E-state index contributed by atoms with van der Waals surface area (Å²) in [6, 6.07) is 4.60. The number of aliphatic hydroxyl groups is 1. The first-order valence-corrected chi connectivity index (χ1v) is 5.13. The molecule has 1 atom stereocenters. The average molecular weight is 228 g/mol. The van der Waals surface area contributed by atoms with Crippen LogP contribution in [0, 0.1) is 5.41 Å². The largest absolute Gasteiger partial charge is 0.507 e. The number of phenols is 1. The smallest absolute Gasteiger partial charge is 0.124 e. The minimum atomic E-state index is -0.438. The van der Waals surface area contributed by atoms with E-state index in [4.69, 9.17) is 22.1 Å². The summed E-state index contributed by atoms with van der Waals surface area (Å²) >= 11 is 5.77. The lowest BCUT2D eigenvalue weighted by molar-refractivity contribution is 0.187. The summed E-state index contributed by atoms with van der Waals surface area (Å²) in [5.41, 5.74) is 0.721. The minimum absolute atomic E-state index is 0.0509. The van der Waals surface area contributed by atoms with Crippen LogP contribution in [0.15, 0.2) is 18.2 Å². The van der Waals surface area contributed by atoms with Crippen molar-refractivity contribution in [2.75, 3.05) is 0 Å². The van der Waals surface area contributed by atoms with Crippen LogP contribution in [0.5, 0.6) is 5.75 Å². The Bertz CT molecular complexity index is 364. The number of nitrogens with one attached hydrogen (secondary N) is 1. The molecule has 1 unspecified atom stereocenters. The van der Waals surface area contributed by atoms with Gasteiger partial charge in [0, 0.05) is 16.3 Å². The van der Waals surface area contributed by atoms with E-state index in [9.17, 15) is 5.11 Å². The molecule has 0 radical (unpaired) electrons. The molecule has 0 amide bonds. The van der Waals surface area contributed by atoms with Gasteiger partial charge in [-0.1, -0.05) is 11.6 Å². The highest BCUT2D eigenvalue weighted by Crippen LogP contribution is 2.23. The van der Waals surface area contributed by atoms with Gasteiger partial charge < -0.3 is 15.6 Å². The molecular formula is C11H14ClNO2. The minimum Gasteiger partial charge on any atom is -0.507 e. The third-order valence-electron chi connectivity index (χ3n) is 2.10. The first kappa shape index (κ1) is 12.0. The Labute approximate surface area is 93.8 Å². The van der Waals surface area contributed by atoms with Crippen molar-refractivity contribution in [3.63, 3.8) is 0 Å². The van der Waals surface area contributed by atoms with Crippen LogP contribution in [0.1, 0.15) is 25.3 Å². The van der Waals surface area contributed by atoms with E-state index in [1.165, 1.54) is 6.07 Å². The molecule has 0 aliphatic carbocycles. The highest BCUT2D eigenvalue weighted by molar-refractivity contribution is 6.31. The number of halogens is 1. The molecule has 0 heterocycles. The maximum atomic E-state index is 9.51. The molecule has 3 N–H and O–H groups in total. The molecule has 0 saturated carbocycles. The Morgan fingerprint density at radius 2 is 2.20 bits per heavy atom. The zero-order valence-corrected chi connectivity index (χ0v) is 9.25. The van der Waals surface area contributed by atoms with Gasteiger partial charge in [0.05, 0.1) is 6.10 Å². The third-order valence-corrected chi connectivity index (χ3v) is 2.33. The average Bonchev–Trinajstić information content (AvgIpc) is 2.18. The number of hydrogen-bond donors (Lipinski definition) is 3. The number of rotatable bonds is 4. The normalized spacial score (nSPS) is 12.5. The first-order valence-electron chi connectivity index (χ1n) is 4.75. The summed E-state index contributed by atoms with van der Waals surface area (Å²) in [6.45, 7) is 1.67. The predicted octanol–water partition coefficient (Wildman–Crippen LogP) is 2.57. The van der Waals surface area contributed by atoms with Gasteiger partial charge in [-0.2, -0.15) is 0 Å². The lowest BCUT2D eigenvalue weighted by Crippen LogP contribution is -2.06. The van der Waals surface area contributed by atoms with Gasteiger partial charge in [-0.05, 0) is 38.0 Å². The van der Waals surface area contributed by atoms with Crippen molar-refractivity contribution in [1.29, 1.82) is 5.41 Å². The summed E-state index contributed by atoms with van der Waals surface area (Å²) in [4.78, 5) is 0. The number of aromatic hydroxyl groups is 1. The van der Waals surface area contributed by atoms with Gasteiger partial charge in [0.15, 0.2) is 0 Å². The van der Waals surface area contributed by atoms with Gasteiger partial charge in [0.1, 0.15) is 5.75 Å². The zero-order valence-electron chi connectivity index (χ0n) is 8.50. The monoisotopic (exact) mass is 227 g/mol. The fourth-order valence-corrected chi connectivity index (χ4v) is 1.41. The molecule has 3 nitrogen and oxygen atoms in total. The number of aliphatic hydroxyl groups excluding tert-OH is 1. The topological polar surface area (TPSA) is 64.3 Å². The van der Waals surface area contributed by atoms with Gasteiger partial charge in [-0.3, -0.25) is 0 Å². The van der Waals surface area contributed by atoms with Crippen LogP contribution >= 0.6 is 11.6 Å². The van der Waals surface area contributed by atoms with Gasteiger partial charge in [-0.25, -0.2) is 0 Å². The Morgan fingerprint density at radius 1 is 1.53 bits per heavy atom. The fraction of sp³-hybridized carbons (Fsp3) is 0.364. The number of benzene rings is 1. The van der Waals surface area contributed by atoms with E-state index in [0.717, 1.165) is 0 Å². The van der Waals surface area contributed by atoms with E-state index < -0.39 is 6.10 Å². The molecule has 1 rings (SSSR count). The van der Waals surface area contributed by atoms with Crippen LogP contribution in [0.3, 0.4) is 0 Å². The summed E-state index contributed by atoms with van der Waals surface area (Å²) < 4.78 is 0. The fourth-order valence-electron chi connectivity index (χ4n) is 1.24. The van der Waals surface area contributed by atoms with Gasteiger partial charge in [0.2, 0.25) is 0 Å². The van der Waals surface area contributed by atoms with E-state index in [1.54, 1.807) is 19.1 Å². The molecular weight excluding hydrogens is 214 g/mol. The number of hydrogen-bond acceptors (Lipinski definition) is 3. The molecule has 0 spiro atoms. The Morgan fingerprint density at radius 3 is 2.80 bits per heavy atom. The molecule has 1 aromatic rings. The highest BCUT2D eigenvalue weighted by Gasteiger charge is 2.09. The molecule has 0 aliphatic heterocycles. The second-order valence-electron chi connectivity index (χ2n) is 3.53. The van der Waals surface area contributed by atoms with Gasteiger partial charge in [-0.15, -0.1) is 0 Å². The SMILES string of the molecule is CC(O)CCC(=N)c1cc(Cl)ccc1O. The van der Waals surface area contributed by atoms with Crippen molar-refractivity contribution in [3.8, 4) is 5.75 Å². The van der Waals surface area contributed by atoms with Crippen molar-refractivity contribution in [2.45, 2.75) is 25.9 Å². The molecule has 82 valence electrons. The lowest BCUT2D eigenvalue weighted by atomic mass is 10.0. The Balaban J connectivity index is 2.77. The van der Waals surface area contributed by atoms with Crippen LogP contribution < -0.4 is 0 Å². The molecule has 4 heteroatoms. The van der Waals surface area contributed by atoms with Crippen LogP contribution in [-0.4, -0.2) is 22.0 Å². The van der Waals surface area contributed by atoms with Crippen molar-refractivity contribution in [2.24, 2.45) is 0 Å². The summed E-state index contributed by atoms with van der Waals surface area (Å²) in [5.74, 6) is 0.0509. The molecule has 0 bridgehead atoms. The molecule has 0 aliphatic rings. The van der Waals surface area contributed by atoms with Crippen LogP contribution in [-0.2, 0) is 0 Å². The molecule has 0 aromatic heterocycles. The van der Waals surface area contributed by atoms with Gasteiger partial charge >= 0.3 is 0 Å². The van der Waals surface area contributed by atoms with Crippen LogP contribution in [0.25, 0.3) is 0 Å². The maximum absolute atomic E-state index is 9.51. The summed E-state index contributed by atoms with van der Waals surface area (Å²) in [5, 5.41) is 26.8. The molecule has 0 saturated heterocycles. The van der Waals surface area contributed by atoms with E-state index in [2.05, 4.69) is 0 Å². The Kier molecular flexibility index (Phi) is 4.12. The Hall–Kier alpha value is -1.06.